The lowest BCUT2D eigenvalue weighted by molar-refractivity contribution is 0.534. The summed E-state index contributed by atoms with van der Waals surface area (Å²) in [5.74, 6) is 0. The molecule has 0 unspecified atom stereocenters. The number of hydrogen-bond acceptors (Lipinski definition) is 3. The highest BCUT2D eigenvalue weighted by Crippen LogP contribution is 1.73. The highest BCUT2D eigenvalue weighted by atomic mass is 15.0. The number of rotatable bonds is 0. The molecule has 3 N–H and O–H groups in total. The fraction of sp³-hybridized carbons (Fsp3) is 0.308. The Balaban J connectivity index is 0.000000128. The van der Waals surface area contributed by atoms with E-state index in [1.807, 2.05) is 42.7 Å². The average Bonchev–Trinajstić information content (AvgIpc) is 3.03. The molecule has 4 nitrogen and oxygen atoms in total. The molecule has 92 valence electrons. The molecule has 0 aliphatic carbocycles. The zero-order valence-corrected chi connectivity index (χ0v) is 9.97. The predicted molar refractivity (Wildman–Crippen MR) is 70.8 cm³/mol. The lowest BCUT2D eigenvalue weighted by Gasteiger charge is -2.11. The van der Waals surface area contributed by atoms with Crippen molar-refractivity contribution in [1.29, 1.82) is 0 Å². The van der Waals surface area contributed by atoms with Crippen LogP contribution >= 0.6 is 0 Å². The van der Waals surface area contributed by atoms with Gasteiger partial charge in [0.15, 0.2) is 0 Å². The van der Waals surface area contributed by atoms with E-state index >= 15 is 0 Å². The van der Waals surface area contributed by atoms with Crippen LogP contribution in [0.2, 0.25) is 0 Å². The molecule has 0 bridgehead atoms. The average molecular weight is 232 g/mol. The van der Waals surface area contributed by atoms with Crippen LogP contribution in [0.1, 0.15) is 0 Å². The van der Waals surface area contributed by atoms with Crippen molar-refractivity contribution in [2.24, 2.45) is 0 Å². The van der Waals surface area contributed by atoms with E-state index < -0.39 is 0 Å². The monoisotopic (exact) mass is 232 g/mol. The quantitative estimate of drug-likeness (QED) is 0.641. The van der Waals surface area contributed by atoms with E-state index in [0.717, 1.165) is 26.2 Å². The second kappa shape index (κ2) is 10.9. The highest BCUT2D eigenvalue weighted by molar-refractivity contribution is 4.88. The van der Waals surface area contributed by atoms with Crippen molar-refractivity contribution >= 4 is 0 Å². The van der Waals surface area contributed by atoms with Crippen molar-refractivity contribution in [1.82, 2.24) is 20.6 Å². The third-order valence-corrected chi connectivity index (χ3v) is 2.02. The first-order chi connectivity index (χ1) is 8.50. The largest absolute Gasteiger partial charge is 0.368 e. The Morgan fingerprint density at radius 3 is 1.35 bits per heavy atom. The standard InChI is InChI=1S/C5H5N.C4H10N2.C4H5N/c1-2-4-6-5-3-1;1-2-6-4-3-5-1;1-2-4-5-3-1/h1-5H;5-6H,1-4H2;1-5H. The fourth-order valence-electron chi connectivity index (χ4n) is 1.19. The first kappa shape index (κ1) is 13.4. The number of piperazine rings is 1. The summed E-state index contributed by atoms with van der Waals surface area (Å²) in [6.45, 7) is 4.56. The normalized spacial score (nSPS) is 13.6. The summed E-state index contributed by atoms with van der Waals surface area (Å²) >= 11 is 0. The second-order valence-electron chi connectivity index (χ2n) is 3.41. The van der Waals surface area contributed by atoms with Crippen LogP contribution in [0.5, 0.6) is 0 Å². The van der Waals surface area contributed by atoms with Gasteiger partial charge in [-0.05, 0) is 24.3 Å². The van der Waals surface area contributed by atoms with Gasteiger partial charge in [-0.3, -0.25) is 4.98 Å². The van der Waals surface area contributed by atoms with E-state index in [9.17, 15) is 0 Å². The third-order valence-electron chi connectivity index (χ3n) is 2.02. The predicted octanol–water partition coefficient (Wildman–Crippen LogP) is 1.28. The number of aromatic nitrogens is 2. The van der Waals surface area contributed by atoms with Gasteiger partial charge in [-0.1, -0.05) is 6.07 Å². The van der Waals surface area contributed by atoms with Crippen molar-refractivity contribution in [3.05, 3.63) is 55.1 Å². The first-order valence-electron chi connectivity index (χ1n) is 5.84. The van der Waals surface area contributed by atoms with Crippen molar-refractivity contribution in [3.63, 3.8) is 0 Å². The van der Waals surface area contributed by atoms with Crippen LogP contribution in [0, 0.1) is 0 Å². The SMILES string of the molecule is C1CNCCN1.c1cc[nH]c1.c1ccncc1. The molecule has 1 saturated heterocycles. The third kappa shape index (κ3) is 9.29. The molecule has 2 aromatic rings. The van der Waals surface area contributed by atoms with Crippen molar-refractivity contribution < 1.29 is 0 Å². The van der Waals surface area contributed by atoms with E-state index in [-0.39, 0.29) is 0 Å². The molecule has 17 heavy (non-hydrogen) atoms. The molecule has 0 spiro atoms. The Kier molecular flexibility index (Phi) is 8.57. The summed E-state index contributed by atoms with van der Waals surface area (Å²) in [4.78, 5) is 6.65. The topological polar surface area (TPSA) is 52.7 Å². The minimum atomic E-state index is 1.14. The Morgan fingerprint density at radius 2 is 1.18 bits per heavy atom. The second-order valence-corrected chi connectivity index (χ2v) is 3.41. The maximum absolute atomic E-state index is 3.78. The molecule has 0 amide bonds. The lowest BCUT2D eigenvalue weighted by Crippen LogP contribution is -2.39. The Bertz CT molecular complexity index is 261. The molecule has 0 saturated carbocycles. The lowest BCUT2D eigenvalue weighted by atomic mass is 10.4. The van der Waals surface area contributed by atoms with Gasteiger partial charge in [-0.25, -0.2) is 0 Å². The fourth-order valence-corrected chi connectivity index (χ4v) is 1.19. The number of H-pyrrole nitrogens is 1. The summed E-state index contributed by atoms with van der Waals surface area (Å²) in [5, 5.41) is 6.44. The number of hydrogen-bond donors (Lipinski definition) is 3. The van der Waals surface area contributed by atoms with Crippen LogP contribution in [-0.2, 0) is 0 Å². The number of aromatic amines is 1. The summed E-state index contributed by atoms with van der Waals surface area (Å²) < 4.78 is 0. The molecule has 0 atom stereocenters. The van der Waals surface area contributed by atoms with Gasteiger partial charge in [0.1, 0.15) is 0 Å². The maximum Gasteiger partial charge on any atom is 0.0267 e. The van der Waals surface area contributed by atoms with Crippen molar-refractivity contribution in [3.8, 4) is 0 Å². The molecule has 1 aliphatic heterocycles. The molecule has 0 aromatic carbocycles. The maximum atomic E-state index is 3.78. The molecular formula is C13H20N4. The van der Waals surface area contributed by atoms with Crippen LogP contribution < -0.4 is 10.6 Å². The zero-order valence-electron chi connectivity index (χ0n) is 9.97. The van der Waals surface area contributed by atoms with E-state index in [1.165, 1.54) is 0 Å². The van der Waals surface area contributed by atoms with Crippen molar-refractivity contribution in [2.75, 3.05) is 26.2 Å². The van der Waals surface area contributed by atoms with Crippen LogP contribution in [0.15, 0.2) is 55.1 Å². The van der Waals surface area contributed by atoms with E-state index in [2.05, 4.69) is 20.6 Å². The Hall–Kier alpha value is -1.65. The molecule has 3 heterocycles. The van der Waals surface area contributed by atoms with Gasteiger partial charge in [-0.2, -0.15) is 0 Å². The first-order valence-corrected chi connectivity index (χ1v) is 5.84. The smallest absolute Gasteiger partial charge is 0.0267 e. The summed E-state index contributed by atoms with van der Waals surface area (Å²) in [6.07, 6.45) is 7.25. The van der Waals surface area contributed by atoms with Gasteiger partial charge >= 0.3 is 0 Å². The van der Waals surface area contributed by atoms with E-state index in [4.69, 9.17) is 0 Å². The minimum absolute atomic E-state index is 1.14. The van der Waals surface area contributed by atoms with Gasteiger partial charge in [0.05, 0.1) is 0 Å². The molecule has 2 aromatic heterocycles. The van der Waals surface area contributed by atoms with Crippen molar-refractivity contribution in [2.45, 2.75) is 0 Å². The number of nitrogens with zero attached hydrogens (tertiary/aromatic N) is 1. The van der Waals surface area contributed by atoms with Crippen LogP contribution in [0.4, 0.5) is 0 Å². The van der Waals surface area contributed by atoms with Gasteiger partial charge < -0.3 is 15.6 Å². The van der Waals surface area contributed by atoms with Crippen LogP contribution in [-0.4, -0.2) is 36.1 Å². The van der Waals surface area contributed by atoms with Crippen LogP contribution in [0.25, 0.3) is 0 Å². The number of pyridine rings is 1. The summed E-state index contributed by atoms with van der Waals surface area (Å²) in [5.41, 5.74) is 0. The minimum Gasteiger partial charge on any atom is -0.368 e. The summed E-state index contributed by atoms with van der Waals surface area (Å²) in [6, 6.07) is 9.60. The Labute approximate surface area is 102 Å². The molecular weight excluding hydrogens is 212 g/mol. The van der Waals surface area contributed by atoms with Gasteiger partial charge in [0.2, 0.25) is 0 Å². The van der Waals surface area contributed by atoms with Gasteiger partial charge in [0, 0.05) is 51.0 Å². The zero-order chi connectivity index (χ0) is 12.0. The van der Waals surface area contributed by atoms with E-state index in [0.29, 0.717) is 0 Å². The van der Waals surface area contributed by atoms with Gasteiger partial charge in [-0.15, -0.1) is 0 Å². The number of nitrogens with one attached hydrogen (secondary N) is 3. The summed E-state index contributed by atoms with van der Waals surface area (Å²) in [7, 11) is 0. The van der Waals surface area contributed by atoms with Crippen LogP contribution in [0.3, 0.4) is 0 Å². The highest BCUT2D eigenvalue weighted by Gasteiger charge is 1.91. The molecule has 1 aliphatic rings. The van der Waals surface area contributed by atoms with E-state index in [1.54, 1.807) is 12.4 Å². The molecule has 1 fully saturated rings. The molecule has 0 radical (unpaired) electrons. The van der Waals surface area contributed by atoms with Gasteiger partial charge in [0.25, 0.3) is 0 Å². The molecule has 3 rings (SSSR count). The molecule has 4 heteroatoms. The Morgan fingerprint density at radius 1 is 0.647 bits per heavy atom.